The minimum atomic E-state index is 0.468. The summed E-state index contributed by atoms with van der Waals surface area (Å²) in [5, 5.41) is 12.3. The average molecular weight is 345 g/mol. The molecule has 128 valence electrons. The number of thiocarbonyl (C=S) groups is 1. The van der Waals surface area contributed by atoms with Crippen LogP contribution < -0.4 is 10.7 Å². The number of hydrogen-bond donors (Lipinski definition) is 2. The first-order valence-corrected chi connectivity index (χ1v) is 8.16. The van der Waals surface area contributed by atoms with Crippen LogP contribution in [-0.2, 0) is 11.3 Å². The summed E-state index contributed by atoms with van der Waals surface area (Å²) in [6.07, 6.45) is 1.75. The molecule has 0 fully saturated rings. The average Bonchev–Trinajstić information content (AvgIpc) is 2.83. The molecule has 7 heteroatoms. The van der Waals surface area contributed by atoms with Crippen LogP contribution in [0.2, 0.25) is 0 Å². The molecule has 1 aromatic carbocycles. The number of methoxy groups -OCH3 is 1. The highest BCUT2D eigenvalue weighted by atomic mass is 32.1. The number of hydrogen-bond acceptors (Lipinski definition) is 4. The molecular formula is C17H23N5OS. The van der Waals surface area contributed by atoms with Gasteiger partial charge in [0.15, 0.2) is 5.11 Å². The summed E-state index contributed by atoms with van der Waals surface area (Å²) in [6, 6.07) is 10.3. The molecule has 1 aromatic heterocycles. The van der Waals surface area contributed by atoms with Gasteiger partial charge in [0.25, 0.3) is 0 Å². The van der Waals surface area contributed by atoms with Gasteiger partial charge in [-0.1, -0.05) is 30.3 Å². The maximum Gasteiger partial charge on any atom is 0.187 e. The Balaban J connectivity index is 1.98. The second-order valence-corrected chi connectivity index (χ2v) is 5.75. The van der Waals surface area contributed by atoms with Crippen LogP contribution in [0.1, 0.15) is 22.5 Å². The topological polar surface area (TPSA) is 63.5 Å². The Bertz CT molecular complexity index is 697. The van der Waals surface area contributed by atoms with E-state index < -0.39 is 0 Å². The quantitative estimate of drug-likeness (QED) is 0.348. The van der Waals surface area contributed by atoms with Crippen molar-refractivity contribution in [2.75, 3.05) is 20.3 Å². The number of nitrogens with one attached hydrogen (secondary N) is 2. The van der Waals surface area contributed by atoms with Gasteiger partial charge in [-0.15, -0.1) is 0 Å². The van der Waals surface area contributed by atoms with Gasteiger partial charge in [-0.25, -0.2) is 0 Å². The minimum absolute atomic E-state index is 0.468. The summed E-state index contributed by atoms with van der Waals surface area (Å²) in [5.41, 5.74) is 7.02. The monoisotopic (exact) mass is 345 g/mol. The standard InChI is InChI=1S/C17H23N5OS/c1-13-16(11-19-20-17(24)18-9-10-23-3)14(2)22(21-13)12-15-7-5-4-6-8-15/h4-8,11H,9-10,12H2,1-3H3,(H2,18,20,24)/b19-11-. The van der Waals surface area contributed by atoms with Crippen LogP contribution in [0.3, 0.4) is 0 Å². The van der Waals surface area contributed by atoms with E-state index >= 15 is 0 Å². The summed E-state index contributed by atoms with van der Waals surface area (Å²) in [4.78, 5) is 0. The molecule has 0 amide bonds. The van der Waals surface area contributed by atoms with E-state index in [-0.39, 0.29) is 0 Å². The Labute approximate surface area is 147 Å². The molecule has 0 aliphatic heterocycles. The second kappa shape index (κ2) is 9.14. The van der Waals surface area contributed by atoms with Crippen LogP contribution in [-0.4, -0.2) is 41.4 Å². The van der Waals surface area contributed by atoms with Crippen molar-refractivity contribution < 1.29 is 4.74 Å². The summed E-state index contributed by atoms with van der Waals surface area (Å²) < 4.78 is 6.94. The maximum atomic E-state index is 5.13. The molecule has 6 nitrogen and oxygen atoms in total. The molecule has 2 aromatic rings. The van der Waals surface area contributed by atoms with Crippen molar-refractivity contribution in [2.45, 2.75) is 20.4 Å². The van der Waals surface area contributed by atoms with Crippen molar-refractivity contribution in [1.29, 1.82) is 0 Å². The van der Waals surface area contributed by atoms with Gasteiger partial charge in [0.1, 0.15) is 0 Å². The zero-order valence-corrected chi connectivity index (χ0v) is 15.1. The lowest BCUT2D eigenvalue weighted by Gasteiger charge is -2.06. The van der Waals surface area contributed by atoms with Crippen LogP contribution in [0.15, 0.2) is 35.4 Å². The molecule has 0 spiro atoms. The highest BCUT2D eigenvalue weighted by Crippen LogP contribution is 2.12. The van der Waals surface area contributed by atoms with Gasteiger partial charge in [-0.3, -0.25) is 10.1 Å². The molecule has 1 heterocycles. The van der Waals surface area contributed by atoms with Gasteiger partial charge in [0, 0.05) is 24.9 Å². The van der Waals surface area contributed by atoms with E-state index in [1.807, 2.05) is 36.7 Å². The van der Waals surface area contributed by atoms with E-state index in [0.717, 1.165) is 23.5 Å². The third-order valence-corrected chi connectivity index (χ3v) is 3.80. The van der Waals surface area contributed by atoms with Gasteiger partial charge in [0.2, 0.25) is 0 Å². The zero-order valence-electron chi connectivity index (χ0n) is 14.2. The lowest BCUT2D eigenvalue weighted by Crippen LogP contribution is -2.34. The molecule has 24 heavy (non-hydrogen) atoms. The maximum absolute atomic E-state index is 5.13. The van der Waals surface area contributed by atoms with E-state index in [0.29, 0.717) is 18.3 Å². The third kappa shape index (κ3) is 5.14. The van der Waals surface area contributed by atoms with Crippen LogP contribution in [0.4, 0.5) is 0 Å². The van der Waals surface area contributed by atoms with Crippen molar-refractivity contribution in [3.05, 3.63) is 52.8 Å². The summed E-state index contributed by atoms with van der Waals surface area (Å²) >= 11 is 5.13. The smallest absolute Gasteiger partial charge is 0.187 e. The van der Waals surface area contributed by atoms with Crippen molar-refractivity contribution in [3.8, 4) is 0 Å². The number of rotatable bonds is 7. The largest absolute Gasteiger partial charge is 0.383 e. The first-order valence-electron chi connectivity index (χ1n) is 7.75. The van der Waals surface area contributed by atoms with Crippen molar-refractivity contribution in [1.82, 2.24) is 20.5 Å². The molecule has 0 aliphatic rings. The number of hydrazone groups is 1. The third-order valence-electron chi connectivity index (χ3n) is 3.56. The predicted octanol–water partition coefficient (Wildman–Crippen LogP) is 1.99. The fourth-order valence-electron chi connectivity index (χ4n) is 2.27. The lowest BCUT2D eigenvalue weighted by atomic mass is 10.2. The zero-order chi connectivity index (χ0) is 17.4. The van der Waals surface area contributed by atoms with Crippen LogP contribution >= 0.6 is 12.2 Å². The number of ether oxygens (including phenoxy) is 1. The molecule has 0 aliphatic carbocycles. The van der Waals surface area contributed by atoms with Crippen molar-refractivity contribution in [2.24, 2.45) is 5.10 Å². The van der Waals surface area contributed by atoms with E-state index in [1.165, 1.54) is 5.56 Å². The highest BCUT2D eigenvalue weighted by Gasteiger charge is 2.10. The number of aromatic nitrogens is 2. The first-order chi connectivity index (χ1) is 11.6. The first kappa shape index (κ1) is 18.1. The predicted molar refractivity (Wildman–Crippen MR) is 100 cm³/mol. The number of nitrogens with zero attached hydrogens (tertiary/aromatic N) is 3. The Morgan fingerprint density at radius 1 is 1.33 bits per heavy atom. The van der Waals surface area contributed by atoms with Crippen LogP contribution in [0.25, 0.3) is 0 Å². The van der Waals surface area contributed by atoms with Gasteiger partial charge in [-0.05, 0) is 31.6 Å². The number of aryl methyl sites for hydroxylation is 1. The van der Waals surface area contributed by atoms with E-state index in [9.17, 15) is 0 Å². The van der Waals surface area contributed by atoms with E-state index in [1.54, 1.807) is 13.3 Å². The Hall–Kier alpha value is -2.25. The van der Waals surface area contributed by atoms with Crippen molar-refractivity contribution in [3.63, 3.8) is 0 Å². The molecule has 2 N–H and O–H groups in total. The fourth-order valence-corrected chi connectivity index (χ4v) is 2.42. The van der Waals surface area contributed by atoms with Gasteiger partial charge >= 0.3 is 0 Å². The van der Waals surface area contributed by atoms with E-state index in [4.69, 9.17) is 17.0 Å². The molecule has 0 saturated carbocycles. The molecule has 0 unspecified atom stereocenters. The molecule has 0 saturated heterocycles. The minimum Gasteiger partial charge on any atom is -0.383 e. The normalized spacial score (nSPS) is 11.0. The molecule has 0 atom stereocenters. The second-order valence-electron chi connectivity index (χ2n) is 5.35. The van der Waals surface area contributed by atoms with Gasteiger partial charge < -0.3 is 10.1 Å². The molecular weight excluding hydrogens is 322 g/mol. The molecule has 0 radical (unpaired) electrons. The lowest BCUT2D eigenvalue weighted by molar-refractivity contribution is 0.204. The highest BCUT2D eigenvalue weighted by molar-refractivity contribution is 7.80. The molecule has 2 rings (SSSR count). The van der Waals surface area contributed by atoms with Crippen LogP contribution in [0.5, 0.6) is 0 Å². The Morgan fingerprint density at radius 2 is 2.08 bits per heavy atom. The fraction of sp³-hybridized carbons (Fsp3) is 0.353. The van der Waals surface area contributed by atoms with E-state index in [2.05, 4.69) is 33.1 Å². The Morgan fingerprint density at radius 3 is 2.79 bits per heavy atom. The van der Waals surface area contributed by atoms with Crippen LogP contribution in [0, 0.1) is 13.8 Å². The van der Waals surface area contributed by atoms with Gasteiger partial charge in [-0.2, -0.15) is 10.2 Å². The number of benzene rings is 1. The summed E-state index contributed by atoms with van der Waals surface area (Å²) in [6.45, 7) is 6.00. The summed E-state index contributed by atoms with van der Waals surface area (Å²) in [7, 11) is 1.65. The SMILES string of the molecule is COCCNC(=S)N/N=C\c1c(C)nn(Cc2ccccc2)c1C. The molecule has 0 bridgehead atoms. The Kier molecular flexibility index (Phi) is 6.89. The van der Waals surface area contributed by atoms with Crippen molar-refractivity contribution >= 4 is 23.5 Å². The summed E-state index contributed by atoms with van der Waals surface area (Å²) in [5.74, 6) is 0. The van der Waals surface area contributed by atoms with Gasteiger partial charge in [0.05, 0.1) is 25.1 Å².